The highest BCUT2D eigenvalue weighted by Gasteiger charge is 2.13. The van der Waals surface area contributed by atoms with Gasteiger partial charge in [0, 0.05) is 5.56 Å². The summed E-state index contributed by atoms with van der Waals surface area (Å²) in [7, 11) is 0. The van der Waals surface area contributed by atoms with Crippen LogP contribution in [-0.2, 0) is 0 Å². The fourth-order valence-corrected chi connectivity index (χ4v) is 2.09. The smallest absolute Gasteiger partial charge is 0.135 e. The Morgan fingerprint density at radius 2 is 2.11 bits per heavy atom. The van der Waals surface area contributed by atoms with Crippen LogP contribution in [0.3, 0.4) is 0 Å². The highest BCUT2D eigenvalue weighted by Crippen LogP contribution is 2.31. The van der Waals surface area contributed by atoms with Crippen molar-refractivity contribution in [2.24, 2.45) is 0 Å². The molecule has 1 aromatic carbocycles. The van der Waals surface area contributed by atoms with E-state index >= 15 is 0 Å². The van der Waals surface area contributed by atoms with Crippen LogP contribution in [-0.4, -0.2) is 6.54 Å². The van der Waals surface area contributed by atoms with Crippen LogP contribution in [0.4, 0.5) is 4.39 Å². The second-order valence-electron chi connectivity index (χ2n) is 4.50. The first-order valence-electron chi connectivity index (χ1n) is 6.40. The van der Waals surface area contributed by atoms with Gasteiger partial charge in [-0.2, -0.15) is 0 Å². The third-order valence-electron chi connectivity index (χ3n) is 2.95. The van der Waals surface area contributed by atoms with Crippen LogP contribution in [0, 0.1) is 5.82 Å². The molecule has 2 aromatic rings. The van der Waals surface area contributed by atoms with Gasteiger partial charge in [-0.05, 0) is 50.2 Å². The van der Waals surface area contributed by atoms with Crippen LogP contribution < -0.4 is 5.32 Å². The van der Waals surface area contributed by atoms with Crippen molar-refractivity contribution in [3.8, 4) is 11.3 Å². The van der Waals surface area contributed by atoms with Gasteiger partial charge < -0.3 is 9.73 Å². The summed E-state index contributed by atoms with van der Waals surface area (Å²) in [5.41, 5.74) is 0.579. The van der Waals surface area contributed by atoms with E-state index in [1.807, 2.05) is 19.1 Å². The molecular formula is C15H17ClFNO. The van der Waals surface area contributed by atoms with E-state index in [4.69, 9.17) is 16.0 Å². The maximum atomic E-state index is 13.3. The Morgan fingerprint density at radius 1 is 1.32 bits per heavy atom. The van der Waals surface area contributed by atoms with Crippen molar-refractivity contribution in [3.05, 3.63) is 46.9 Å². The summed E-state index contributed by atoms with van der Waals surface area (Å²) in [6, 6.07) is 8.09. The molecule has 2 rings (SSSR count). The van der Waals surface area contributed by atoms with Crippen molar-refractivity contribution >= 4 is 11.6 Å². The van der Waals surface area contributed by atoms with Gasteiger partial charge in [0.1, 0.15) is 17.3 Å². The quantitative estimate of drug-likeness (QED) is 0.851. The molecule has 2 nitrogen and oxygen atoms in total. The average Bonchev–Trinajstić information content (AvgIpc) is 2.88. The summed E-state index contributed by atoms with van der Waals surface area (Å²) in [4.78, 5) is 0. The zero-order valence-corrected chi connectivity index (χ0v) is 11.8. The first-order valence-corrected chi connectivity index (χ1v) is 6.78. The molecule has 1 unspecified atom stereocenters. The topological polar surface area (TPSA) is 25.2 Å². The second-order valence-corrected chi connectivity index (χ2v) is 4.91. The van der Waals surface area contributed by atoms with Gasteiger partial charge in [0.25, 0.3) is 0 Å². The molecule has 0 fully saturated rings. The van der Waals surface area contributed by atoms with Gasteiger partial charge in [0.15, 0.2) is 0 Å². The fraction of sp³-hybridized carbons (Fsp3) is 0.333. The molecule has 0 aliphatic heterocycles. The minimum Gasteiger partial charge on any atom is -0.459 e. The van der Waals surface area contributed by atoms with Crippen molar-refractivity contribution in [2.75, 3.05) is 6.54 Å². The molecule has 0 radical (unpaired) electrons. The first-order chi connectivity index (χ1) is 9.11. The molecule has 1 atom stereocenters. The lowest BCUT2D eigenvalue weighted by Crippen LogP contribution is -2.18. The van der Waals surface area contributed by atoms with Crippen molar-refractivity contribution in [3.63, 3.8) is 0 Å². The normalized spacial score (nSPS) is 12.6. The number of hydrogen-bond donors (Lipinski definition) is 1. The predicted octanol–water partition coefficient (Wildman–Crippen LogP) is 4.80. The van der Waals surface area contributed by atoms with E-state index in [-0.39, 0.29) is 11.9 Å². The van der Waals surface area contributed by atoms with Gasteiger partial charge in [-0.3, -0.25) is 0 Å². The molecule has 19 heavy (non-hydrogen) atoms. The van der Waals surface area contributed by atoms with Crippen LogP contribution in [0.1, 0.15) is 32.1 Å². The standard InChI is InChI=1S/C15H17ClFNO/c1-3-8-18-10(2)14-6-7-15(19-14)12-9-11(17)4-5-13(12)16/h4-7,9-10,18H,3,8H2,1-2H3. The summed E-state index contributed by atoms with van der Waals surface area (Å²) in [5, 5.41) is 3.82. The van der Waals surface area contributed by atoms with Gasteiger partial charge >= 0.3 is 0 Å². The van der Waals surface area contributed by atoms with Gasteiger partial charge in [0.2, 0.25) is 0 Å². The lowest BCUT2D eigenvalue weighted by molar-refractivity contribution is 0.438. The van der Waals surface area contributed by atoms with E-state index in [9.17, 15) is 4.39 Å². The maximum Gasteiger partial charge on any atom is 0.135 e. The maximum absolute atomic E-state index is 13.3. The van der Waals surface area contributed by atoms with E-state index in [0.717, 1.165) is 18.7 Å². The van der Waals surface area contributed by atoms with Gasteiger partial charge in [0.05, 0.1) is 11.1 Å². The summed E-state index contributed by atoms with van der Waals surface area (Å²) in [6.45, 7) is 5.07. The SMILES string of the molecule is CCCNC(C)c1ccc(-c2cc(F)ccc2Cl)o1. The Labute approximate surface area is 117 Å². The van der Waals surface area contributed by atoms with E-state index in [2.05, 4.69) is 12.2 Å². The Balaban J connectivity index is 2.23. The number of halogens is 2. The van der Waals surface area contributed by atoms with Gasteiger partial charge in [-0.15, -0.1) is 0 Å². The number of nitrogens with one attached hydrogen (secondary N) is 1. The Hall–Kier alpha value is -1.32. The van der Waals surface area contributed by atoms with Crippen LogP contribution >= 0.6 is 11.6 Å². The Kier molecular flexibility index (Phi) is 4.61. The number of benzene rings is 1. The largest absolute Gasteiger partial charge is 0.459 e. The highest BCUT2D eigenvalue weighted by atomic mass is 35.5. The molecule has 1 N–H and O–H groups in total. The predicted molar refractivity (Wildman–Crippen MR) is 75.8 cm³/mol. The number of furan rings is 1. The second kappa shape index (κ2) is 6.22. The molecule has 4 heteroatoms. The molecule has 0 saturated heterocycles. The zero-order valence-electron chi connectivity index (χ0n) is 11.0. The molecule has 0 saturated carbocycles. The number of rotatable bonds is 5. The summed E-state index contributed by atoms with van der Waals surface area (Å²) < 4.78 is 19.0. The number of hydrogen-bond acceptors (Lipinski definition) is 2. The van der Waals surface area contributed by atoms with Crippen molar-refractivity contribution < 1.29 is 8.81 Å². The molecule has 1 heterocycles. The van der Waals surface area contributed by atoms with E-state index in [0.29, 0.717) is 16.3 Å². The molecule has 0 amide bonds. The molecule has 0 bridgehead atoms. The molecule has 102 valence electrons. The lowest BCUT2D eigenvalue weighted by atomic mass is 10.1. The monoisotopic (exact) mass is 281 g/mol. The van der Waals surface area contributed by atoms with Crippen LogP contribution in [0.5, 0.6) is 0 Å². The molecular weight excluding hydrogens is 265 g/mol. The van der Waals surface area contributed by atoms with Crippen LogP contribution in [0.15, 0.2) is 34.7 Å². The van der Waals surface area contributed by atoms with Crippen molar-refractivity contribution in [1.29, 1.82) is 0 Å². The summed E-state index contributed by atoms with van der Waals surface area (Å²) >= 11 is 6.06. The molecule has 0 aliphatic rings. The van der Waals surface area contributed by atoms with E-state index < -0.39 is 0 Å². The third kappa shape index (κ3) is 3.37. The summed E-state index contributed by atoms with van der Waals surface area (Å²) in [5.74, 6) is 1.09. The Morgan fingerprint density at radius 3 is 2.84 bits per heavy atom. The Bertz CT molecular complexity index is 553. The minimum absolute atomic E-state index is 0.126. The molecule has 1 aromatic heterocycles. The van der Waals surface area contributed by atoms with Crippen LogP contribution in [0.2, 0.25) is 5.02 Å². The minimum atomic E-state index is -0.325. The van der Waals surface area contributed by atoms with Crippen LogP contribution in [0.25, 0.3) is 11.3 Å². The van der Waals surface area contributed by atoms with Crippen molar-refractivity contribution in [2.45, 2.75) is 26.3 Å². The third-order valence-corrected chi connectivity index (χ3v) is 3.28. The lowest BCUT2D eigenvalue weighted by Gasteiger charge is -2.10. The van der Waals surface area contributed by atoms with Gasteiger partial charge in [-0.25, -0.2) is 4.39 Å². The molecule has 0 aliphatic carbocycles. The van der Waals surface area contributed by atoms with E-state index in [1.54, 1.807) is 0 Å². The van der Waals surface area contributed by atoms with E-state index in [1.165, 1.54) is 18.2 Å². The highest BCUT2D eigenvalue weighted by molar-refractivity contribution is 6.33. The fourth-order valence-electron chi connectivity index (χ4n) is 1.88. The molecule has 0 spiro atoms. The first kappa shape index (κ1) is 14.1. The van der Waals surface area contributed by atoms with Gasteiger partial charge in [-0.1, -0.05) is 18.5 Å². The average molecular weight is 282 g/mol. The zero-order chi connectivity index (χ0) is 13.8. The summed E-state index contributed by atoms with van der Waals surface area (Å²) in [6.07, 6.45) is 1.06. The van der Waals surface area contributed by atoms with Crippen molar-refractivity contribution in [1.82, 2.24) is 5.32 Å².